The second kappa shape index (κ2) is 6.57. The maximum atomic E-state index is 11.8. The van der Waals surface area contributed by atoms with Gasteiger partial charge in [0.15, 0.2) is 0 Å². The summed E-state index contributed by atoms with van der Waals surface area (Å²) < 4.78 is 23.5. The Morgan fingerprint density at radius 3 is 2.47 bits per heavy atom. The molecule has 0 radical (unpaired) electrons. The highest BCUT2D eigenvalue weighted by atomic mass is 32.2. The van der Waals surface area contributed by atoms with Gasteiger partial charge < -0.3 is 5.32 Å². The second-order valence-electron chi connectivity index (χ2n) is 6.97. The fourth-order valence-electron chi connectivity index (χ4n) is 3.62. The predicted octanol–water partition coefficient (Wildman–Crippen LogP) is 3.00. The van der Waals surface area contributed by atoms with Gasteiger partial charge in [0.25, 0.3) is 0 Å². The van der Waals surface area contributed by atoms with Crippen LogP contribution in [0.4, 0.5) is 0 Å². The Kier molecular flexibility index (Phi) is 5.87. The van der Waals surface area contributed by atoms with Crippen LogP contribution in [0.1, 0.15) is 59.8 Å². The molecule has 0 spiro atoms. The van der Waals surface area contributed by atoms with Gasteiger partial charge in [0.1, 0.15) is 9.84 Å². The maximum Gasteiger partial charge on any atom is 0.150 e. The van der Waals surface area contributed by atoms with Crippen molar-refractivity contribution >= 4 is 9.84 Å². The Morgan fingerprint density at radius 2 is 1.95 bits per heavy atom. The number of nitrogens with one attached hydrogen (secondary N) is 1. The third kappa shape index (κ3) is 5.07. The first-order valence-electron chi connectivity index (χ1n) is 7.59. The number of hydrogen-bond donors (Lipinski definition) is 1. The van der Waals surface area contributed by atoms with E-state index < -0.39 is 9.84 Å². The largest absolute Gasteiger partial charge is 0.315 e. The maximum absolute atomic E-state index is 11.8. The second-order valence-corrected chi connectivity index (χ2v) is 9.29. The summed E-state index contributed by atoms with van der Waals surface area (Å²) in [5, 5.41) is 3.35. The molecule has 4 heteroatoms. The molecule has 1 aliphatic carbocycles. The predicted molar refractivity (Wildman–Crippen MR) is 82.1 cm³/mol. The number of rotatable bonds is 6. The molecular weight excluding hydrogens is 258 g/mol. The van der Waals surface area contributed by atoms with Gasteiger partial charge >= 0.3 is 0 Å². The van der Waals surface area contributed by atoms with Gasteiger partial charge in [0.05, 0.1) is 5.25 Å². The molecule has 0 saturated heterocycles. The van der Waals surface area contributed by atoms with Crippen LogP contribution >= 0.6 is 0 Å². The molecule has 1 fully saturated rings. The smallest absolute Gasteiger partial charge is 0.150 e. The summed E-state index contributed by atoms with van der Waals surface area (Å²) in [5.74, 6) is 0.530. The van der Waals surface area contributed by atoms with E-state index in [1.807, 2.05) is 0 Å². The lowest BCUT2D eigenvalue weighted by Crippen LogP contribution is -2.39. The summed E-state index contributed by atoms with van der Waals surface area (Å²) >= 11 is 0. The van der Waals surface area contributed by atoms with Crippen molar-refractivity contribution < 1.29 is 8.42 Å². The van der Waals surface area contributed by atoms with E-state index in [9.17, 15) is 8.42 Å². The lowest BCUT2D eigenvalue weighted by Gasteiger charge is -2.41. The molecule has 1 rings (SSSR count). The van der Waals surface area contributed by atoms with Crippen molar-refractivity contribution in [1.29, 1.82) is 0 Å². The lowest BCUT2D eigenvalue weighted by molar-refractivity contribution is 0.134. The summed E-state index contributed by atoms with van der Waals surface area (Å²) in [6.45, 7) is 9.95. The summed E-state index contributed by atoms with van der Waals surface area (Å²) in [4.78, 5) is 0. The lowest BCUT2D eigenvalue weighted by atomic mass is 9.68. The normalized spacial score (nSPS) is 27.2. The Labute approximate surface area is 119 Å². The minimum Gasteiger partial charge on any atom is -0.315 e. The molecule has 3 unspecified atom stereocenters. The van der Waals surface area contributed by atoms with Crippen LogP contribution in [0.25, 0.3) is 0 Å². The summed E-state index contributed by atoms with van der Waals surface area (Å²) in [6, 6.07) is 0.499. The van der Waals surface area contributed by atoms with Gasteiger partial charge in [-0.15, -0.1) is 0 Å². The van der Waals surface area contributed by atoms with E-state index in [4.69, 9.17) is 0 Å². The Morgan fingerprint density at radius 1 is 1.32 bits per heavy atom. The van der Waals surface area contributed by atoms with Crippen LogP contribution < -0.4 is 5.32 Å². The average molecular weight is 289 g/mol. The number of sulfone groups is 1. The highest BCUT2D eigenvalue weighted by Crippen LogP contribution is 2.42. The molecule has 0 heterocycles. The van der Waals surface area contributed by atoms with Crippen molar-refractivity contribution in [1.82, 2.24) is 5.32 Å². The highest BCUT2D eigenvalue weighted by Gasteiger charge is 2.37. The van der Waals surface area contributed by atoms with Crippen molar-refractivity contribution in [3.05, 3.63) is 0 Å². The van der Waals surface area contributed by atoms with Gasteiger partial charge in [-0.3, -0.25) is 0 Å². The van der Waals surface area contributed by atoms with Crippen molar-refractivity contribution in [3.8, 4) is 0 Å². The first-order chi connectivity index (χ1) is 8.66. The van der Waals surface area contributed by atoms with E-state index in [0.29, 0.717) is 12.0 Å². The molecule has 114 valence electrons. The van der Waals surface area contributed by atoms with Crippen molar-refractivity contribution in [3.63, 3.8) is 0 Å². The van der Waals surface area contributed by atoms with E-state index >= 15 is 0 Å². The minimum absolute atomic E-state index is 0.111. The average Bonchev–Trinajstić information content (AvgIpc) is 2.27. The fourth-order valence-corrected chi connectivity index (χ4v) is 4.80. The van der Waals surface area contributed by atoms with Crippen LogP contribution in [0.3, 0.4) is 0 Å². The van der Waals surface area contributed by atoms with E-state index in [1.54, 1.807) is 0 Å². The highest BCUT2D eigenvalue weighted by molar-refractivity contribution is 7.91. The van der Waals surface area contributed by atoms with Gasteiger partial charge in [-0.1, -0.05) is 27.2 Å². The van der Waals surface area contributed by atoms with Gasteiger partial charge in [-0.2, -0.15) is 0 Å². The third-order valence-electron chi connectivity index (χ3n) is 4.72. The van der Waals surface area contributed by atoms with Gasteiger partial charge in [-0.25, -0.2) is 8.42 Å². The van der Waals surface area contributed by atoms with Crippen molar-refractivity contribution in [2.75, 3.05) is 12.8 Å². The van der Waals surface area contributed by atoms with Crippen LogP contribution in [0.2, 0.25) is 0 Å². The first kappa shape index (κ1) is 17.0. The summed E-state index contributed by atoms with van der Waals surface area (Å²) in [6.07, 6.45) is 6.45. The molecule has 0 aromatic carbocycles. The van der Waals surface area contributed by atoms with E-state index in [1.165, 1.54) is 12.7 Å². The summed E-state index contributed by atoms with van der Waals surface area (Å²) in [7, 11) is -2.87. The molecule has 1 aliphatic rings. The van der Waals surface area contributed by atoms with Gasteiger partial charge in [0.2, 0.25) is 0 Å². The van der Waals surface area contributed by atoms with Crippen LogP contribution in [-0.2, 0) is 9.84 Å². The minimum atomic E-state index is -2.87. The molecule has 0 amide bonds. The van der Waals surface area contributed by atoms with E-state index in [0.717, 1.165) is 32.2 Å². The molecule has 3 atom stereocenters. The topological polar surface area (TPSA) is 46.2 Å². The van der Waals surface area contributed by atoms with Crippen LogP contribution in [0.5, 0.6) is 0 Å². The van der Waals surface area contributed by atoms with E-state index in [-0.39, 0.29) is 10.7 Å². The molecule has 0 aliphatic heterocycles. The van der Waals surface area contributed by atoms with Crippen LogP contribution in [-0.4, -0.2) is 32.5 Å². The van der Waals surface area contributed by atoms with Gasteiger partial charge in [-0.05, 0) is 50.5 Å². The van der Waals surface area contributed by atoms with Crippen molar-refractivity contribution in [2.24, 2.45) is 11.3 Å². The summed E-state index contributed by atoms with van der Waals surface area (Å²) in [5.41, 5.74) is 0.213. The molecule has 1 N–H and O–H groups in total. The molecule has 1 saturated carbocycles. The quantitative estimate of drug-likeness (QED) is 0.817. The Balaban J connectivity index is 2.67. The zero-order chi connectivity index (χ0) is 14.7. The molecule has 0 aromatic rings. The molecule has 3 nitrogen and oxygen atoms in total. The fraction of sp³-hybridized carbons (Fsp3) is 1.00. The zero-order valence-electron chi connectivity index (χ0n) is 13.2. The molecular formula is C15H31NO2S. The standard InChI is InChI=1S/C15H31NO2S/c1-6-16-12(2)11-15(3,4)13-8-7-9-14(10-13)19(5,17)18/h12-14,16H,6-11H2,1-5H3. The zero-order valence-corrected chi connectivity index (χ0v) is 14.0. The van der Waals surface area contributed by atoms with Crippen molar-refractivity contribution in [2.45, 2.75) is 71.1 Å². The monoisotopic (exact) mass is 289 g/mol. The van der Waals surface area contributed by atoms with Crippen LogP contribution in [0, 0.1) is 11.3 Å². The first-order valence-corrected chi connectivity index (χ1v) is 9.54. The Hall–Kier alpha value is -0.0900. The molecule has 19 heavy (non-hydrogen) atoms. The SMILES string of the molecule is CCNC(C)CC(C)(C)C1CCCC(S(C)(=O)=O)C1. The number of hydrogen-bond acceptors (Lipinski definition) is 3. The third-order valence-corrected chi connectivity index (χ3v) is 6.36. The van der Waals surface area contributed by atoms with E-state index in [2.05, 4.69) is 33.0 Å². The molecule has 0 bridgehead atoms. The Bertz CT molecular complexity index is 376. The van der Waals surface area contributed by atoms with Gasteiger partial charge in [0, 0.05) is 12.3 Å². The van der Waals surface area contributed by atoms with Crippen LogP contribution in [0.15, 0.2) is 0 Å². The molecule has 0 aromatic heterocycles.